The third-order valence-electron chi connectivity index (χ3n) is 7.77. The molecular formula is C57H97Cl3N12O13Y3-6. The van der Waals surface area contributed by atoms with Gasteiger partial charge in [-0.3, -0.25) is 12.6 Å². The van der Waals surface area contributed by atoms with Gasteiger partial charge in [-0.05, 0) is 96.1 Å². The molecule has 31 heteroatoms. The monoisotopic (exact) mass is 1530 g/mol. The first kappa shape index (κ1) is 106. The number of aliphatic hydroxyl groups excluding tert-OH is 2. The smallest absolute Gasteiger partial charge is 0.407 e. The second-order valence-corrected chi connectivity index (χ2v) is 19.1. The SMILES string of the molecule is CC(C)(C)OC(=O)NCCC[C-]=O.CC(C)(C)OC(=O)NCCN.NCCN.NCCO.O=C(NCCO)Nc1cccc(Cl)c1.O=[C-]CCCNC(=O)Nc1cccc(Cl)c1.O=[C-]OCCNC(=O)Nc1cccc(Cl)c1.[CH2-]CCCC.[CH3-].[CH3-].[Y].[Y].[Y]. The molecule has 3 radical (unpaired) electrons. The molecule has 88 heavy (non-hydrogen) atoms. The first-order valence-corrected chi connectivity index (χ1v) is 27.3. The van der Waals surface area contributed by atoms with Gasteiger partial charge in [-0.1, -0.05) is 92.1 Å². The molecule has 0 saturated carbocycles. The van der Waals surface area contributed by atoms with Crippen LogP contribution in [0.5, 0.6) is 0 Å². The van der Waals surface area contributed by atoms with Crippen LogP contribution in [0.1, 0.15) is 93.4 Å². The summed E-state index contributed by atoms with van der Waals surface area (Å²) in [5, 5.41) is 38.2. The molecule has 3 aromatic rings. The van der Waals surface area contributed by atoms with Crippen molar-refractivity contribution in [1.82, 2.24) is 26.6 Å². The molecule has 18 N–H and O–H groups in total. The van der Waals surface area contributed by atoms with E-state index in [2.05, 4.69) is 61.1 Å². The average Bonchev–Trinajstić information content (AvgIpc) is 3.51. The Morgan fingerprint density at radius 2 is 0.864 bits per heavy atom. The molecule has 0 atom stereocenters. The number of carbonyl (C=O) groups excluding carboxylic acids is 8. The fourth-order valence-corrected chi connectivity index (χ4v) is 4.99. The third-order valence-corrected chi connectivity index (χ3v) is 8.48. The third kappa shape index (κ3) is 89.2. The number of nitrogens with two attached hydrogens (primary N) is 4. The van der Waals surface area contributed by atoms with E-state index in [1.807, 2.05) is 20.8 Å². The van der Waals surface area contributed by atoms with E-state index in [0.29, 0.717) is 104 Å². The van der Waals surface area contributed by atoms with Crippen LogP contribution in [0.2, 0.25) is 15.1 Å². The van der Waals surface area contributed by atoms with Crippen molar-refractivity contribution >= 4 is 101 Å². The summed E-state index contributed by atoms with van der Waals surface area (Å²) < 4.78 is 14.2. The van der Waals surface area contributed by atoms with Crippen LogP contribution < -0.4 is 65.5 Å². The van der Waals surface area contributed by atoms with Crippen LogP contribution in [0.15, 0.2) is 72.8 Å². The van der Waals surface area contributed by atoms with Crippen LogP contribution in [0.3, 0.4) is 0 Å². The molecule has 0 spiro atoms. The van der Waals surface area contributed by atoms with Crippen LogP contribution in [-0.4, -0.2) is 149 Å². The van der Waals surface area contributed by atoms with Crippen molar-refractivity contribution in [1.29, 1.82) is 0 Å². The molecule has 0 fully saturated rings. The van der Waals surface area contributed by atoms with Crippen LogP contribution in [0.25, 0.3) is 0 Å². The second kappa shape index (κ2) is 76.2. The number of aliphatic hydroxyl groups is 2. The number of halogens is 3. The van der Waals surface area contributed by atoms with Crippen molar-refractivity contribution < 1.29 is 161 Å². The van der Waals surface area contributed by atoms with E-state index in [0.717, 1.165) is 6.42 Å². The molecule has 0 heterocycles. The topological polar surface area (TPSA) is 405 Å². The summed E-state index contributed by atoms with van der Waals surface area (Å²) in [4.78, 5) is 84.9. The second-order valence-electron chi connectivity index (χ2n) is 17.8. The van der Waals surface area contributed by atoms with Gasteiger partial charge in [0.05, 0.1) is 19.8 Å². The zero-order valence-electron chi connectivity index (χ0n) is 52.6. The Morgan fingerprint density at radius 3 is 1.12 bits per heavy atom. The molecule has 499 valence electrons. The van der Waals surface area contributed by atoms with Crippen molar-refractivity contribution in [2.45, 2.75) is 105 Å². The average molecular weight is 1530 g/mol. The largest absolute Gasteiger partial charge is 0.651 e. The zero-order chi connectivity index (χ0) is 64.2. The predicted molar refractivity (Wildman–Crippen MR) is 343 cm³/mol. The van der Waals surface area contributed by atoms with Gasteiger partial charge in [-0.25, -0.2) is 24.0 Å². The Hall–Kier alpha value is -3.24. The number of benzene rings is 3. The number of urea groups is 3. The fraction of sp³-hybridized carbons (Fsp3) is 0.491. The van der Waals surface area contributed by atoms with Gasteiger partial charge in [0.2, 0.25) is 0 Å². The Labute approximate surface area is 614 Å². The van der Waals surface area contributed by atoms with Gasteiger partial charge in [-0.15, -0.1) is 0 Å². The van der Waals surface area contributed by atoms with Crippen LogP contribution in [0.4, 0.5) is 41.0 Å². The number of hydrogen-bond donors (Lipinski definition) is 14. The number of alkyl carbamates (subject to hydrolysis) is 2. The molecule has 0 aliphatic rings. The molecule has 0 unspecified atom stereocenters. The Balaban J connectivity index is -0.000000102. The molecule has 3 rings (SSSR count). The summed E-state index contributed by atoms with van der Waals surface area (Å²) in [5.41, 5.74) is 20.7. The van der Waals surface area contributed by atoms with Gasteiger partial charge in [-0.2, -0.15) is 19.3 Å². The van der Waals surface area contributed by atoms with E-state index in [9.17, 15) is 38.4 Å². The van der Waals surface area contributed by atoms with E-state index in [4.69, 9.17) is 77.4 Å². The Bertz CT molecular complexity index is 2060. The quantitative estimate of drug-likeness (QED) is 0.0243. The van der Waals surface area contributed by atoms with Crippen molar-refractivity contribution in [3.05, 3.63) is 110 Å². The van der Waals surface area contributed by atoms with Crippen molar-refractivity contribution in [3.63, 3.8) is 0 Å². The predicted octanol–water partition coefficient (Wildman–Crippen LogP) is 7.97. The standard InChI is InChI=1S/C11H12ClN2O2.C10H10ClN2O3.C9H11ClN2O2.C9H16NO3.C7H16N2O2.C5H11.C2H8N2.C2H7NO.2CH3.3Y/c12-9-4-3-5-10(8-9)14-11(16)13-6-1-2-7-15;11-8-2-1-3-9(6-8)13-10(15)12-4-5-16-7-14;10-7-2-1-3-8(6-7)12-9(14)11-4-5-13;1-9(2,3)13-8(12)10-6-4-5-7-11;1-7(2,3)11-6(10)9-5-4-8;1-3-5-4-2;2*3-1-2-4;;;;;/h3-5,8H,1-2,6H2,(H2,13,14,16);1-3,6H,4-5H2,(H2,12,13,15);1-3,6,13H,4-5H2,(H2,11,12,14);4-6H2,1-3H3,(H,10,12);4-5,8H2,1-3H3,(H,9,10);1,3-5H2,2H3;1-4H2;4H,1-3H2;2*1H3;;;/q2*-1;;-1;;-1;;;2*-1;;;. The number of ether oxygens (including phenoxy) is 3. The van der Waals surface area contributed by atoms with Gasteiger partial charge in [0.1, 0.15) is 11.2 Å². The maximum Gasteiger partial charge on any atom is 0.407 e. The molecule has 25 nitrogen and oxygen atoms in total. The maximum atomic E-state index is 11.3. The molecule has 3 aromatic carbocycles. The van der Waals surface area contributed by atoms with Crippen molar-refractivity contribution in [3.8, 4) is 0 Å². The summed E-state index contributed by atoms with van der Waals surface area (Å²) in [6.45, 7) is 21.8. The molecular weight excluding hydrogens is 1430 g/mol. The van der Waals surface area contributed by atoms with Crippen LogP contribution >= 0.6 is 34.8 Å². The number of unbranched alkanes of at least 4 members (excludes halogenated alkanes) is 4. The Kier molecular flexibility index (Phi) is 92.2. The first-order chi connectivity index (χ1) is 39.3. The van der Waals surface area contributed by atoms with Gasteiger partial charge >= 0.3 is 30.3 Å². The minimum absolute atomic E-state index is 0. The van der Waals surface area contributed by atoms with Crippen LogP contribution in [0, 0.1) is 21.8 Å². The first-order valence-electron chi connectivity index (χ1n) is 26.2. The molecule has 0 saturated heterocycles. The summed E-state index contributed by atoms with van der Waals surface area (Å²) in [6.07, 6.45) is 8.16. The number of amides is 8. The number of rotatable bonds is 23. The van der Waals surface area contributed by atoms with E-state index < -0.39 is 29.4 Å². The molecule has 8 amide bonds. The van der Waals surface area contributed by atoms with E-state index in [1.54, 1.807) is 106 Å². The summed E-state index contributed by atoms with van der Waals surface area (Å²) in [5.74, 6) is 0. The maximum absolute atomic E-state index is 11.3. The number of nitrogens with one attached hydrogen (secondary N) is 8. The van der Waals surface area contributed by atoms with Crippen molar-refractivity contribution in [2.24, 2.45) is 22.9 Å². The normalized spacial score (nSPS) is 9.06. The molecule has 0 aliphatic carbocycles. The molecule has 0 aromatic heterocycles. The summed E-state index contributed by atoms with van der Waals surface area (Å²) in [6, 6.07) is 19.4. The van der Waals surface area contributed by atoms with Gasteiger partial charge < -0.3 is 126 Å². The molecule has 0 aliphatic heterocycles. The van der Waals surface area contributed by atoms with E-state index in [1.165, 1.54) is 19.3 Å². The summed E-state index contributed by atoms with van der Waals surface area (Å²) >= 11 is 17.2. The van der Waals surface area contributed by atoms with Crippen LogP contribution in [-0.2, 0) is 127 Å². The zero-order valence-corrected chi connectivity index (χ0v) is 63.4. The number of carbonyl (C=O) groups is 5. The van der Waals surface area contributed by atoms with E-state index >= 15 is 0 Å². The fourth-order valence-electron chi connectivity index (χ4n) is 4.42. The minimum Gasteiger partial charge on any atom is -0.651 e. The summed E-state index contributed by atoms with van der Waals surface area (Å²) in [7, 11) is 0. The van der Waals surface area contributed by atoms with E-state index in [-0.39, 0.29) is 158 Å². The van der Waals surface area contributed by atoms with Gasteiger partial charge in [0, 0.05) is 189 Å². The number of hydrogen-bond acceptors (Lipinski definition) is 17. The molecule has 0 bridgehead atoms. The Morgan fingerprint density at radius 1 is 0.523 bits per heavy atom. The van der Waals surface area contributed by atoms with Crippen molar-refractivity contribution in [2.75, 3.05) is 94.7 Å². The van der Waals surface area contributed by atoms with Gasteiger partial charge in [0.25, 0.3) is 0 Å². The van der Waals surface area contributed by atoms with Gasteiger partial charge in [0.15, 0.2) is 0 Å². The number of anilines is 3. The minimum atomic E-state index is -0.471.